The number of hydrogen-bond donors (Lipinski definition) is 0. The summed E-state index contributed by atoms with van der Waals surface area (Å²) in [7, 11) is 0. The van der Waals surface area contributed by atoms with Gasteiger partial charge in [-0.15, -0.1) is 0 Å². The molecule has 0 bridgehead atoms. The minimum atomic E-state index is -0.802. The predicted molar refractivity (Wildman–Crippen MR) is 121 cm³/mol. The number of ether oxygens (including phenoxy) is 2. The van der Waals surface area contributed by atoms with Gasteiger partial charge in [-0.25, -0.2) is 14.0 Å². The Kier molecular flexibility index (Phi) is 8.78. The Labute approximate surface area is 184 Å². The number of hydrogen-bond acceptors (Lipinski definition) is 4. The lowest BCUT2D eigenvalue weighted by Gasteiger charge is -2.17. The molecule has 2 aromatic rings. The van der Waals surface area contributed by atoms with Crippen LogP contribution in [-0.4, -0.2) is 25.2 Å². The van der Waals surface area contributed by atoms with Crippen molar-refractivity contribution in [1.29, 1.82) is 0 Å². The lowest BCUT2D eigenvalue weighted by atomic mass is 9.88. The zero-order valence-electron chi connectivity index (χ0n) is 19.4. The fraction of sp³-hybridized carbons (Fsp3) is 0.462. The molecule has 0 saturated carbocycles. The third kappa shape index (κ3) is 6.39. The summed E-state index contributed by atoms with van der Waals surface area (Å²) in [6.07, 6.45) is 1.83. The maximum absolute atomic E-state index is 14.7. The Morgan fingerprint density at radius 2 is 1.35 bits per heavy atom. The molecule has 0 unspecified atom stereocenters. The molecule has 0 atom stereocenters. The van der Waals surface area contributed by atoms with Gasteiger partial charge in [-0.05, 0) is 72.9 Å². The van der Waals surface area contributed by atoms with Crippen LogP contribution in [-0.2, 0) is 22.3 Å². The number of esters is 2. The van der Waals surface area contributed by atoms with E-state index in [0.717, 1.165) is 24.5 Å². The molecule has 0 spiro atoms. The molecule has 0 aliphatic carbocycles. The number of carbonyl (C=O) groups is 2. The van der Waals surface area contributed by atoms with E-state index in [0.29, 0.717) is 17.4 Å². The molecule has 0 aliphatic heterocycles. The van der Waals surface area contributed by atoms with Crippen molar-refractivity contribution in [3.63, 3.8) is 0 Å². The average molecular weight is 429 g/mol. The third-order valence-electron chi connectivity index (χ3n) is 4.87. The van der Waals surface area contributed by atoms with Crippen LogP contribution in [0.1, 0.15) is 73.4 Å². The van der Waals surface area contributed by atoms with Crippen molar-refractivity contribution in [2.75, 3.05) is 13.2 Å². The molecule has 0 N–H and O–H groups in total. The molecule has 0 amide bonds. The summed E-state index contributed by atoms with van der Waals surface area (Å²) in [6.45, 7) is 12.3. The first kappa shape index (κ1) is 24.6. The van der Waals surface area contributed by atoms with Crippen LogP contribution in [0.25, 0.3) is 11.1 Å². The van der Waals surface area contributed by atoms with Crippen LogP contribution in [0.4, 0.5) is 4.39 Å². The van der Waals surface area contributed by atoms with Gasteiger partial charge in [0.2, 0.25) is 0 Å². The molecule has 4 nitrogen and oxygen atoms in total. The van der Waals surface area contributed by atoms with Gasteiger partial charge in [-0.2, -0.15) is 0 Å². The predicted octanol–water partition coefficient (Wildman–Crippen LogP) is 6.24. The smallest absolute Gasteiger partial charge is 0.341 e. The van der Waals surface area contributed by atoms with Gasteiger partial charge in [0.05, 0.1) is 24.3 Å². The van der Waals surface area contributed by atoms with Crippen molar-refractivity contribution in [3.05, 3.63) is 58.4 Å². The van der Waals surface area contributed by atoms with Crippen LogP contribution in [0.5, 0.6) is 0 Å². The average Bonchev–Trinajstić information content (AvgIpc) is 2.68. The maximum atomic E-state index is 14.7. The highest BCUT2D eigenvalue weighted by Crippen LogP contribution is 2.31. The first-order valence-corrected chi connectivity index (χ1v) is 11.0. The minimum absolute atomic E-state index is 0.0968. The molecule has 0 heterocycles. The SMILES string of the molecule is CCOC(=O)c1cc(-c2ccc(CC(C)C)c(CC(C)C)c2)c(C(=O)OCC)cc1F. The summed E-state index contributed by atoms with van der Waals surface area (Å²) in [5, 5.41) is 0. The van der Waals surface area contributed by atoms with E-state index in [1.54, 1.807) is 13.8 Å². The van der Waals surface area contributed by atoms with Crippen LogP contribution in [0, 0.1) is 17.7 Å². The highest BCUT2D eigenvalue weighted by molar-refractivity contribution is 6.00. The van der Waals surface area contributed by atoms with Gasteiger partial charge >= 0.3 is 11.9 Å². The van der Waals surface area contributed by atoms with Gasteiger partial charge in [0.1, 0.15) is 5.82 Å². The van der Waals surface area contributed by atoms with E-state index in [9.17, 15) is 14.0 Å². The summed E-state index contributed by atoms with van der Waals surface area (Å²) in [4.78, 5) is 24.8. The van der Waals surface area contributed by atoms with Crippen molar-refractivity contribution in [1.82, 2.24) is 0 Å². The Hall–Kier alpha value is -2.69. The van der Waals surface area contributed by atoms with Crippen molar-refractivity contribution < 1.29 is 23.5 Å². The van der Waals surface area contributed by atoms with E-state index < -0.39 is 17.8 Å². The van der Waals surface area contributed by atoms with Gasteiger partial charge in [-0.1, -0.05) is 45.9 Å². The van der Waals surface area contributed by atoms with Crippen molar-refractivity contribution >= 4 is 11.9 Å². The molecular formula is C26H33FO4. The van der Waals surface area contributed by atoms with Crippen LogP contribution < -0.4 is 0 Å². The highest BCUT2D eigenvalue weighted by atomic mass is 19.1. The van der Waals surface area contributed by atoms with E-state index in [2.05, 4.69) is 33.8 Å². The summed E-state index contributed by atoms with van der Waals surface area (Å²) in [5.41, 5.74) is 3.57. The highest BCUT2D eigenvalue weighted by Gasteiger charge is 2.22. The van der Waals surface area contributed by atoms with Crippen LogP contribution in [0.15, 0.2) is 30.3 Å². The summed E-state index contributed by atoms with van der Waals surface area (Å²) in [6, 6.07) is 8.50. The van der Waals surface area contributed by atoms with E-state index in [1.807, 2.05) is 12.1 Å². The number of carbonyl (C=O) groups excluding carboxylic acids is 2. The molecule has 5 heteroatoms. The minimum Gasteiger partial charge on any atom is -0.462 e. The van der Waals surface area contributed by atoms with Crippen LogP contribution >= 0.6 is 0 Å². The second kappa shape index (κ2) is 11.1. The second-order valence-corrected chi connectivity index (χ2v) is 8.50. The van der Waals surface area contributed by atoms with Gasteiger partial charge in [0, 0.05) is 0 Å². The normalized spacial score (nSPS) is 11.1. The third-order valence-corrected chi connectivity index (χ3v) is 4.87. The Morgan fingerprint density at radius 3 is 1.90 bits per heavy atom. The van der Waals surface area contributed by atoms with E-state index in [1.165, 1.54) is 17.2 Å². The fourth-order valence-corrected chi connectivity index (χ4v) is 3.62. The lowest BCUT2D eigenvalue weighted by molar-refractivity contribution is 0.0507. The molecule has 0 saturated heterocycles. The Bertz CT molecular complexity index is 931. The molecule has 0 fully saturated rings. The van der Waals surface area contributed by atoms with Gasteiger partial charge in [-0.3, -0.25) is 0 Å². The number of halogens is 1. The molecule has 0 aromatic heterocycles. The van der Waals surface area contributed by atoms with Crippen molar-refractivity contribution in [2.24, 2.45) is 11.8 Å². The molecular weight excluding hydrogens is 395 g/mol. The summed E-state index contributed by atoms with van der Waals surface area (Å²) < 4.78 is 24.8. The fourth-order valence-electron chi connectivity index (χ4n) is 3.62. The summed E-state index contributed by atoms with van der Waals surface area (Å²) >= 11 is 0. The number of benzene rings is 2. The monoisotopic (exact) mass is 428 g/mol. The molecule has 0 radical (unpaired) electrons. The van der Waals surface area contributed by atoms with E-state index >= 15 is 0 Å². The molecule has 0 aliphatic rings. The van der Waals surface area contributed by atoms with Crippen molar-refractivity contribution in [2.45, 2.75) is 54.4 Å². The Balaban J connectivity index is 2.69. The standard InChI is InChI=1S/C26H33FO4/c1-7-30-25(28)22-15-24(27)23(26(29)31-8-2)14-21(22)19-10-9-18(11-16(3)4)20(13-19)12-17(5)6/h9-10,13-17H,7-8,11-12H2,1-6H3. The van der Waals surface area contributed by atoms with E-state index in [-0.39, 0.29) is 24.3 Å². The second-order valence-electron chi connectivity index (χ2n) is 8.50. The maximum Gasteiger partial charge on any atom is 0.341 e. The summed E-state index contributed by atoms with van der Waals surface area (Å²) in [5.74, 6) is -1.22. The van der Waals surface area contributed by atoms with Gasteiger partial charge < -0.3 is 9.47 Å². The molecule has 31 heavy (non-hydrogen) atoms. The topological polar surface area (TPSA) is 52.6 Å². The Morgan fingerprint density at radius 1 is 0.806 bits per heavy atom. The van der Waals surface area contributed by atoms with Crippen LogP contribution in [0.3, 0.4) is 0 Å². The molecule has 2 rings (SSSR count). The van der Waals surface area contributed by atoms with Crippen molar-refractivity contribution in [3.8, 4) is 11.1 Å². The zero-order chi connectivity index (χ0) is 23.1. The lowest BCUT2D eigenvalue weighted by Crippen LogP contribution is -2.12. The quantitative estimate of drug-likeness (QED) is 0.444. The largest absolute Gasteiger partial charge is 0.462 e. The zero-order valence-corrected chi connectivity index (χ0v) is 19.4. The number of rotatable bonds is 9. The first-order valence-electron chi connectivity index (χ1n) is 11.0. The first-order chi connectivity index (χ1) is 14.7. The van der Waals surface area contributed by atoms with E-state index in [4.69, 9.17) is 9.47 Å². The van der Waals surface area contributed by atoms with Gasteiger partial charge in [0.25, 0.3) is 0 Å². The van der Waals surface area contributed by atoms with Gasteiger partial charge in [0.15, 0.2) is 0 Å². The van der Waals surface area contributed by atoms with Crippen LogP contribution in [0.2, 0.25) is 0 Å². The molecule has 2 aromatic carbocycles. The molecule has 168 valence electrons.